The first kappa shape index (κ1) is 12.6. The number of ether oxygens (including phenoxy) is 1. The molecule has 2 N–H and O–H groups in total. The van der Waals surface area contributed by atoms with Gasteiger partial charge in [0.15, 0.2) is 0 Å². The largest absolute Gasteiger partial charge is 0.496 e. The molecule has 0 aromatic heterocycles. The van der Waals surface area contributed by atoms with Crippen LogP contribution in [0.4, 0.5) is 10.5 Å². The summed E-state index contributed by atoms with van der Waals surface area (Å²) in [5.74, 6) is 0.719. The molecule has 0 bridgehead atoms. The molecule has 1 aromatic rings. The van der Waals surface area contributed by atoms with Crippen LogP contribution in [0.25, 0.3) is 0 Å². The van der Waals surface area contributed by atoms with Crippen molar-refractivity contribution < 1.29 is 9.53 Å². The second-order valence-electron chi connectivity index (χ2n) is 2.97. The van der Waals surface area contributed by atoms with Crippen molar-refractivity contribution >= 4 is 27.6 Å². The van der Waals surface area contributed by atoms with E-state index in [2.05, 4.69) is 33.1 Å². The normalized spacial score (nSPS) is 9.38. The number of carbonyl (C=O) groups is 1. The minimum absolute atomic E-state index is 0.267. The lowest BCUT2D eigenvalue weighted by atomic mass is 10.3. The second-order valence-corrected chi connectivity index (χ2v) is 3.83. The Morgan fingerprint density at radius 1 is 1.62 bits per heavy atom. The number of halogens is 1. The molecular weight excluding hydrogens is 272 g/mol. The van der Waals surface area contributed by atoms with Crippen molar-refractivity contribution in [1.82, 2.24) is 5.32 Å². The minimum Gasteiger partial charge on any atom is -0.496 e. The third-order valence-electron chi connectivity index (χ3n) is 1.82. The van der Waals surface area contributed by atoms with Crippen LogP contribution >= 0.6 is 15.9 Å². The van der Waals surface area contributed by atoms with Crippen LogP contribution in [0.3, 0.4) is 0 Å². The second kappa shape index (κ2) is 6.17. The van der Waals surface area contributed by atoms with E-state index in [0.717, 1.165) is 10.2 Å². The maximum atomic E-state index is 11.3. The summed E-state index contributed by atoms with van der Waals surface area (Å²) in [6.07, 6.45) is 1.61. The van der Waals surface area contributed by atoms with Crippen molar-refractivity contribution in [3.8, 4) is 5.75 Å². The number of carbonyl (C=O) groups excluding carboxylic acids is 1. The summed E-state index contributed by atoms with van der Waals surface area (Å²) in [5.41, 5.74) is 0.689. The molecule has 0 saturated carbocycles. The highest BCUT2D eigenvalue weighted by atomic mass is 79.9. The van der Waals surface area contributed by atoms with E-state index in [0.29, 0.717) is 12.2 Å². The number of nitrogens with one attached hydrogen (secondary N) is 2. The van der Waals surface area contributed by atoms with Crippen molar-refractivity contribution in [2.45, 2.75) is 0 Å². The summed E-state index contributed by atoms with van der Waals surface area (Å²) in [7, 11) is 1.59. The third kappa shape index (κ3) is 3.58. The van der Waals surface area contributed by atoms with Crippen molar-refractivity contribution in [3.05, 3.63) is 35.3 Å². The fourth-order valence-corrected chi connectivity index (χ4v) is 1.62. The van der Waals surface area contributed by atoms with Gasteiger partial charge in [-0.15, -0.1) is 6.58 Å². The van der Waals surface area contributed by atoms with Crippen molar-refractivity contribution in [2.24, 2.45) is 0 Å². The van der Waals surface area contributed by atoms with Crippen LogP contribution in [0.15, 0.2) is 35.3 Å². The first-order valence-corrected chi connectivity index (χ1v) is 5.46. The Bertz CT molecular complexity index is 394. The summed E-state index contributed by atoms with van der Waals surface area (Å²) >= 11 is 3.34. The predicted octanol–water partition coefficient (Wildman–Crippen LogP) is 2.77. The zero-order chi connectivity index (χ0) is 12.0. The predicted molar refractivity (Wildman–Crippen MR) is 67.9 cm³/mol. The molecule has 1 aromatic carbocycles. The number of methoxy groups -OCH3 is 1. The Kier molecular flexibility index (Phi) is 4.85. The molecule has 0 aliphatic heterocycles. The Morgan fingerprint density at radius 2 is 2.38 bits per heavy atom. The van der Waals surface area contributed by atoms with Crippen LogP contribution in [-0.2, 0) is 0 Å². The minimum atomic E-state index is -0.267. The van der Waals surface area contributed by atoms with E-state index in [9.17, 15) is 4.79 Å². The molecule has 16 heavy (non-hydrogen) atoms. The van der Waals surface area contributed by atoms with E-state index in [-0.39, 0.29) is 6.03 Å². The van der Waals surface area contributed by atoms with Crippen LogP contribution in [0.5, 0.6) is 5.75 Å². The third-order valence-corrected chi connectivity index (χ3v) is 2.44. The van der Waals surface area contributed by atoms with E-state index >= 15 is 0 Å². The average molecular weight is 285 g/mol. The number of rotatable bonds is 4. The number of urea groups is 1. The first-order valence-electron chi connectivity index (χ1n) is 4.66. The molecule has 2 amide bonds. The highest BCUT2D eigenvalue weighted by molar-refractivity contribution is 9.10. The molecule has 0 saturated heterocycles. The van der Waals surface area contributed by atoms with Gasteiger partial charge in [-0.3, -0.25) is 0 Å². The lowest BCUT2D eigenvalue weighted by Gasteiger charge is -2.08. The fourth-order valence-electron chi connectivity index (χ4n) is 1.08. The van der Waals surface area contributed by atoms with Gasteiger partial charge in [-0.25, -0.2) is 4.79 Å². The molecule has 0 heterocycles. The number of anilines is 1. The van der Waals surface area contributed by atoms with Gasteiger partial charge in [0.25, 0.3) is 0 Å². The Hall–Kier alpha value is -1.49. The van der Waals surface area contributed by atoms with Gasteiger partial charge in [-0.1, -0.05) is 6.08 Å². The molecule has 0 aliphatic carbocycles. The lowest BCUT2D eigenvalue weighted by Crippen LogP contribution is -2.28. The van der Waals surface area contributed by atoms with Crippen LogP contribution in [0, 0.1) is 0 Å². The summed E-state index contributed by atoms with van der Waals surface area (Å²) < 4.78 is 5.87. The number of hydrogen-bond donors (Lipinski definition) is 2. The Morgan fingerprint density at radius 3 is 2.94 bits per heavy atom. The van der Waals surface area contributed by atoms with Gasteiger partial charge in [0.2, 0.25) is 0 Å². The summed E-state index contributed by atoms with van der Waals surface area (Å²) in [5, 5.41) is 5.30. The molecule has 0 atom stereocenters. The zero-order valence-corrected chi connectivity index (χ0v) is 10.5. The molecule has 0 aliphatic rings. The molecule has 86 valence electrons. The molecule has 1 rings (SSSR count). The monoisotopic (exact) mass is 284 g/mol. The van der Waals surface area contributed by atoms with E-state index in [1.807, 2.05) is 0 Å². The fraction of sp³-hybridized carbons (Fsp3) is 0.182. The molecular formula is C11H13BrN2O2. The number of hydrogen-bond acceptors (Lipinski definition) is 2. The smallest absolute Gasteiger partial charge is 0.319 e. The summed E-state index contributed by atoms with van der Waals surface area (Å²) in [6.45, 7) is 3.94. The van der Waals surface area contributed by atoms with Gasteiger partial charge in [0.1, 0.15) is 5.75 Å². The molecule has 5 heteroatoms. The molecule has 4 nitrogen and oxygen atoms in total. The van der Waals surface area contributed by atoms with E-state index in [1.54, 1.807) is 31.4 Å². The molecule has 0 unspecified atom stereocenters. The quantitative estimate of drug-likeness (QED) is 0.836. The lowest BCUT2D eigenvalue weighted by molar-refractivity contribution is 0.253. The Labute approximate surface area is 103 Å². The van der Waals surface area contributed by atoms with Crippen LogP contribution in [0.1, 0.15) is 0 Å². The van der Waals surface area contributed by atoms with Crippen LogP contribution < -0.4 is 15.4 Å². The zero-order valence-electron chi connectivity index (χ0n) is 8.92. The van der Waals surface area contributed by atoms with Crippen LogP contribution in [-0.4, -0.2) is 19.7 Å². The number of amides is 2. The van der Waals surface area contributed by atoms with E-state index < -0.39 is 0 Å². The average Bonchev–Trinajstić information content (AvgIpc) is 2.26. The number of benzene rings is 1. The van der Waals surface area contributed by atoms with Gasteiger partial charge < -0.3 is 15.4 Å². The van der Waals surface area contributed by atoms with Gasteiger partial charge in [-0.05, 0) is 34.1 Å². The maximum Gasteiger partial charge on any atom is 0.319 e. The van der Waals surface area contributed by atoms with Crippen molar-refractivity contribution in [1.29, 1.82) is 0 Å². The topological polar surface area (TPSA) is 50.4 Å². The van der Waals surface area contributed by atoms with E-state index in [4.69, 9.17) is 4.74 Å². The maximum absolute atomic E-state index is 11.3. The SMILES string of the molecule is C=CCNC(=O)Nc1ccc(OC)c(Br)c1. The highest BCUT2D eigenvalue weighted by Crippen LogP contribution is 2.27. The van der Waals surface area contributed by atoms with E-state index in [1.165, 1.54) is 0 Å². The summed E-state index contributed by atoms with van der Waals surface area (Å²) in [6, 6.07) is 5.04. The standard InChI is InChI=1S/C11H13BrN2O2/c1-3-6-13-11(15)14-8-4-5-10(16-2)9(12)7-8/h3-5,7H,1,6H2,2H3,(H2,13,14,15). The highest BCUT2D eigenvalue weighted by Gasteiger charge is 2.03. The molecule has 0 radical (unpaired) electrons. The summed E-state index contributed by atoms with van der Waals surface area (Å²) in [4.78, 5) is 11.3. The molecule has 0 fully saturated rings. The van der Waals surface area contributed by atoms with Crippen molar-refractivity contribution in [2.75, 3.05) is 19.0 Å². The van der Waals surface area contributed by atoms with Gasteiger partial charge in [0.05, 0.1) is 11.6 Å². The van der Waals surface area contributed by atoms with Gasteiger partial charge in [-0.2, -0.15) is 0 Å². The van der Waals surface area contributed by atoms with Gasteiger partial charge in [0, 0.05) is 12.2 Å². The van der Waals surface area contributed by atoms with Crippen LogP contribution in [0.2, 0.25) is 0 Å². The van der Waals surface area contributed by atoms with Gasteiger partial charge >= 0.3 is 6.03 Å². The molecule has 0 spiro atoms. The van der Waals surface area contributed by atoms with Crippen molar-refractivity contribution in [3.63, 3.8) is 0 Å². The Balaban J connectivity index is 2.64. The first-order chi connectivity index (χ1) is 7.67.